The van der Waals surface area contributed by atoms with Crippen LogP contribution in [0.25, 0.3) is 0 Å². The van der Waals surface area contributed by atoms with E-state index in [1.165, 1.54) is 4.88 Å². The Morgan fingerprint density at radius 3 is 2.85 bits per heavy atom. The minimum Gasteiger partial charge on any atom is -0.468 e. The van der Waals surface area contributed by atoms with E-state index in [-0.39, 0.29) is 0 Å². The number of carbonyl (C=O) groups excluding carboxylic acids is 1. The number of alkyl halides is 1. The summed E-state index contributed by atoms with van der Waals surface area (Å²) >= 11 is 5.06. The Kier molecular flexibility index (Phi) is 9.35. The van der Waals surface area contributed by atoms with Gasteiger partial charge in [-0.25, -0.2) is 0 Å². The number of halogens is 1. The Morgan fingerprint density at radius 1 is 1.77 bits per heavy atom. The molecule has 1 aromatic heterocycles. The van der Waals surface area contributed by atoms with Crippen molar-refractivity contribution in [3.8, 4) is 0 Å². The van der Waals surface area contributed by atoms with Crippen LogP contribution in [0.15, 0.2) is 11.7 Å². The fraction of sp³-hybridized carbons (Fsp3) is 0.500. The Labute approximate surface area is 90.3 Å². The Morgan fingerprint density at radius 2 is 2.54 bits per heavy atom. The van der Waals surface area contributed by atoms with Gasteiger partial charge in [-0.15, -0.1) is 11.3 Å². The Balaban J connectivity index is 0.000000252. The van der Waals surface area contributed by atoms with Gasteiger partial charge in [-0.1, -0.05) is 15.9 Å². The van der Waals surface area contributed by atoms with Gasteiger partial charge < -0.3 is 4.74 Å². The van der Waals surface area contributed by atoms with Gasteiger partial charge in [-0.3, -0.25) is 9.78 Å². The zero-order chi connectivity index (χ0) is 9.94. The highest BCUT2D eigenvalue weighted by atomic mass is 79.9. The molecule has 0 fully saturated rings. The van der Waals surface area contributed by atoms with E-state index in [2.05, 4.69) is 25.7 Å². The van der Waals surface area contributed by atoms with E-state index in [0.29, 0.717) is 13.1 Å². The fourth-order valence-electron chi connectivity index (χ4n) is 0.527. The standard InChI is InChI=1S/C5H6BrNS.C3H6O2/c6-2-1-5-3-7-4-8-5;1-2-5-3-4/h3-4H,1-2H2;3H,2H2,1H3. The molecule has 1 rings (SSSR count). The van der Waals surface area contributed by atoms with Crippen LogP contribution in [0.2, 0.25) is 0 Å². The van der Waals surface area contributed by atoms with Crippen molar-refractivity contribution in [1.82, 2.24) is 4.98 Å². The summed E-state index contributed by atoms with van der Waals surface area (Å²) < 4.78 is 4.15. The number of aryl methyl sites for hydroxylation is 1. The minimum atomic E-state index is 0.431. The van der Waals surface area contributed by atoms with Crippen molar-refractivity contribution in [3.63, 3.8) is 0 Å². The summed E-state index contributed by atoms with van der Waals surface area (Å²) in [6.07, 6.45) is 3.01. The second kappa shape index (κ2) is 9.67. The number of ether oxygens (including phenoxy) is 1. The molecule has 3 nitrogen and oxygen atoms in total. The van der Waals surface area contributed by atoms with E-state index >= 15 is 0 Å². The van der Waals surface area contributed by atoms with Crippen LogP contribution in [-0.2, 0) is 16.0 Å². The van der Waals surface area contributed by atoms with Crippen LogP contribution < -0.4 is 0 Å². The van der Waals surface area contributed by atoms with E-state index in [0.717, 1.165) is 11.8 Å². The van der Waals surface area contributed by atoms with E-state index in [1.807, 2.05) is 11.7 Å². The number of hydrogen-bond acceptors (Lipinski definition) is 4. The van der Waals surface area contributed by atoms with Gasteiger partial charge in [0.25, 0.3) is 6.47 Å². The third kappa shape index (κ3) is 7.93. The third-order valence-corrected chi connectivity index (χ3v) is 2.29. The lowest BCUT2D eigenvalue weighted by Gasteiger charge is -1.83. The molecule has 13 heavy (non-hydrogen) atoms. The molecular weight excluding hydrogens is 254 g/mol. The summed E-state index contributed by atoms with van der Waals surface area (Å²) in [4.78, 5) is 14.5. The van der Waals surface area contributed by atoms with Crippen molar-refractivity contribution < 1.29 is 9.53 Å². The molecule has 0 aromatic carbocycles. The molecule has 0 aliphatic heterocycles. The molecule has 0 radical (unpaired) electrons. The average Bonchev–Trinajstić information content (AvgIpc) is 2.60. The number of nitrogens with zero attached hydrogens (tertiary/aromatic N) is 1. The molecule has 0 spiro atoms. The zero-order valence-electron chi connectivity index (χ0n) is 7.40. The lowest BCUT2D eigenvalue weighted by molar-refractivity contribution is -0.128. The van der Waals surface area contributed by atoms with Crippen LogP contribution in [0, 0.1) is 0 Å². The molecule has 0 bridgehead atoms. The molecule has 74 valence electrons. The maximum absolute atomic E-state index is 9.18. The number of carbonyl (C=O) groups is 1. The smallest absolute Gasteiger partial charge is 0.293 e. The second-order valence-electron chi connectivity index (χ2n) is 1.96. The molecule has 0 atom stereocenters. The highest BCUT2D eigenvalue weighted by Crippen LogP contribution is 2.06. The van der Waals surface area contributed by atoms with Crippen molar-refractivity contribution in [2.24, 2.45) is 0 Å². The first-order valence-electron chi connectivity index (χ1n) is 3.83. The summed E-state index contributed by atoms with van der Waals surface area (Å²) in [5.41, 5.74) is 1.86. The first-order valence-corrected chi connectivity index (χ1v) is 5.83. The SMILES string of the molecule is BrCCc1cncs1.CCOC=O. The van der Waals surface area contributed by atoms with Gasteiger partial charge in [0, 0.05) is 16.4 Å². The molecule has 0 saturated heterocycles. The first-order chi connectivity index (χ1) is 6.35. The largest absolute Gasteiger partial charge is 0.468 e. The summed E-state index contributed by atoms with van der Waals surface area (Å²) in [6, 6.07) is 0. The minimum absolute atomic E-state index is 0.431. The van der Waals surface area contributed by atoms with Gasteiger partial charge in [0.05, 0.1) is 12.1 Å². The van der Waals surface area contributed by atoms with Crippen molar-refractivity contribution in [1.29, 1.82) is 0 Å². The molecule has 1 heterocycles. The first kappa shape index (κ1) is 12.6. The van der Waals surface area contributed by atoms with Crippen molar-refractivity contribution in [2.75, 3.05) is 11.9 Å². The van der Waals surface area contributed by atoms with Crippen LogP contribution in [0.5, 0.6) is 0 Å². The monoisotopic (exact) mass is 265 g/mol. The lowest BCUT2D eigenvalue weighted by atomic mass is 10.4. The van der Waals surface area contributed by atoms with Gasteiger partial charge in [0.15, 0.2) is 0 Å². The van der Waals surface area contributed by atoms with Gasteiger partial charge in [0.1, 0.15) is 0 Å². The summed E-state index contributed by atoms with van der Waals surface area (Å²) in [5, 5.41) is 1.04. The normalized spacial score (nSPS) is 8.46. The van der Waals surface area contributed by atoms with Crippen LogP contribution in [-0.4, -0.2) is 23.4 Å². The number of thiazole rings is 1. The third-order valence-electron chi connectivity index (χ3n) is 1.06. The van der Waals surface area contributed by atoms with Gasteiger partial charge in [-0.05, 0) is 13.3 Å². The molecule has 0 aliphatic rings. The average molecular weight is 266 g/mol. The predicted molar refractivity (Wildman–Crippen MR) is 57.3 cm³/mol. The van der Waals surface area contributed by atoms with Crippen molar-refractivity contribution >= 4 is 33.7 Å². The molecule has 0 unspecified atom stereocenters. The van der Waals surface area contributed by atoms with Gasteiger partial charge in [-0.2, -0.15) is 0 Å². The summed E-state index contributed by atoms with van der Waals surface area (Å²) in [7, 11) is 0. The van der Waals surface area contributed by atoms with E-state index in [9.17, 15) is 4.79 Å². The number of hydrogen-bond donors (Lipinski definition) is 0. The molecule has 0 N–H and O–H groups in total. The Bertz CT molecular complexity index is 204. The Hall–Kier alpha value is -0.420. The predicted octanol–water partition coefficient (Wildman–Crippen LogP) is 2.26. The van der Waals surface area contributed by atoms with E-state index < -0.39 is 0 Å². The number of aromatic nitrogens is 1. The fourth-order valence-corrected chi connectivity index (χ4v) is 1.82. The quantitative estimate of drug-likeness (QED) is 0.620. The molecule has 0 saturated carbocycles. The zero-order valence-corrected chi connectivity index (χ0v) is 9.81. The summed E-state index contributed by atoms with van der Waals surface area (Å²) in [6.45, 7) is 2.66. The van der Waals surface area contributed by atoms with Gasteiger partial charge >= 0.3 is 0 Å². The van der Waals surface area contributed by atoms with Crippen LogP contribution >= 0.6 is 27.3 Å². The lowest BCUT2D eigenvalue weighted by Crippen LogP contribution is -1.80. The van der Waals surface area contributed by atoms with Crippen molar-refractivity contribution in [3.05, 3.63) is 16.6 Å². The van der Waals surface area contributed by atoms with Crippen LogP contribution in [0.3, 0.4) is 0 Å². The topological polar surface area (TPSA) is 39.2 Å². The second-order valence-corrected chi connectivity index (χ2v) is 3.72. The van der Waals surface area contributed by atoms with E-state index in [1.54, 1.807) is 18.3 Å². The molecule has 0 aliphatic carbocycles. The van der Waals surface area contributed by atoms with Crippen molar-refractivity contribution in [2.45, 2.75) is 13.3 Å². The highest BCUT2D eigenvalue weighted by Gasteiger charge is 1.89. The molecular formula is C8H12BrNO2S. The molecule has 1 aromatic rings. The maximum Gasteiger partial charge on any atom is 0.293 e. The number of rotatable bonds is 4. The molecule has 5 heteroatoms. The van der Waals surface area contributed by atoms with E-state index in [4.69, 9.17) is 0 Å². The maximum atomic E-state index is 9.18. The van der Waals surface area contributed by atoms with Gasteiger partial charge in [0.2, 0.25) is 0 Å². The van der Waals surface area contributed by atoms with Crippen LogP contribution in [0.4, 0.5) is 0 Å². The van der Waals surface area contributed by atoms with Crippen LogP contribution in [0.1, 0.15) is 11.8 Å². The molecule has 0 amide bonds. The highest BCUT2D eigenvalue weighted by molar-refractivity contribution is 9.09. The summed E-state index contributed by atoms with van der Waals surface area (Å²) in [5.74, 6) is 0.